The Morgan fingerprint density at radius 3 is 2.26 bits per heavy atom. The van der Waals surface area contributed by atoms with E-state index in [1.807, 2.05) is 12.1 Å². The van der Waals surface area contributed by atoms with Gasteiger partial charge in [0.05, 0.1) is 11.3 Å². The summed E-state index contributed by atoms with van der Waals surface area (Å²) in [5.74, 6) is 0.0508. The van der Waals surface area contributed by atoms with E-state index in [1.54, 1.807) is 19.2 Å². The fraction of sp³-hybridized carbons (Fsp3) is 0.562. The van der Waals surface area contributed by atoms with Crippen LogP contribution in [-0.4, -0.2) is 56.3 Å². The summed E-state index contributed by atoms with van der Waals surface area (Å²) in [5.41, 5.74) is 0.775. The molecule has 3 rings (SSSR count). The molecule has 1 aromatic carbocycles. The zero-order valence-electron chi connectivity index (χ0n) is 13.5. The van der Waals surface area contributed by atoms with Crippen LogP contribution in [-0.2, 0) is 26.0 Å². The van der Waals surface area contributed by atoms with Crippen LogP contribution in [0.15, 0.2) is 29.2 Å². The number of benzene rings is 1. The minimum atomic E-state index is -3.15. The molecule has 0 bridgehead atoms. The minimum absolute atomic E-state index is 0.0508. The van der Waals surface area contributed by atoms with Crippen molar-refractivity contribution < 1.29 is 18.0 Å². The SMILES string of the molecule is CN1OC2(CCN(Cc3ccc(S(C)(=O)=O)cc3)CC2)CC1=O. The molecular formula is C16H22N2O4S. The van der Waals surface area contributed by atoms with Crippen molar-refractivity contribution in [3.8, 4) is 0 Å². The van der Waals surface area contributed by atoms with Crippen molar-refractivity contribution in [3.63, 3.8) is 0 Å². The first-order valence-electron chi connectivity index (χ1n) is 7.75. The van der Waals surface area contributed by atoms with Gasteiger partial charge in [-0.2, -0.15) is 0 Å². The number of nitrogens with zero attached hydrogens (tertiary/aromatic N) is 2. The number of sulfone groups is 1. The molecule has 1 amide bonds. The monoisotopic (exact) mass is 338 g/mol. The molecule has 7 heteroatoms. The molecule has 126 valence electrons. The molecule has 2 heterocycles. The second kappa shape index (κ2) is 5.89. The van der Waals surface area contributed by atoms with Gasteiger partial charge in [-0.15, -0.1) is 0 Å². The molecule has 2 aliphatic rings. The second-order valence-electron chi connectivity index (χ2n) is 6.53. The predicted octanol–water partition coefficient (Wildman–Crippen LogP) is 1.22. The molecule has 2 aliphatic heterocycles. The molecular weight excluding hydrogens is 316 g/mol. The second-order valence-corrected chi connectivity index (χ2v) is 8.55. The zero-order valence-corrected chi connectivity index (χ0v) is 14.3. The Kier molecular flexibility index (Phi) is 4.20. The zero-order chi connectivity index (χ0) is 16.7. The summed E-state index contributed by atoms with van der Waals surface area (Å²) in [7, 11) is -1.47. The highest BCUT2D eigenvalue weighted by Crippen LogP contribution is 2.36. The van der Waals surface area contributed by atoms with Gasteiger partial charge in [0, 0.05) is 32.9 Å². The van der Waals surface area contributed by atoms with Crippen molar-refractivity contribution >= 4 is 15.7 Å². The van der Waals surface area contributed by atoms with Gasteiger partial charge in [0.25, 0.3) is 0 Å². The lowest BCUT2D eigenvalue weighted by molar-refractivity contribution is -0.199. The van der Waals surface area contributed by atoms with Gasteiger partial charge in [-0.1, -0.05) is 12.1 Å². The van der Waals surface area contributed by atoms with Gasteiger partial charge < -0.3 is 0 Å². The first-order valence-corrected chi connectivity index (χ1v) is 9.64. The van der Waals surface area contributed by atoms with Crippen molar-refractivity contribution in [1.82, 2.24) is 9.96 Å². The maximum Gasteiger partial charge on any atom is 0.248 e. The fourth-order valence-corrected chi connectivity index (χ4v) is 3.88. The molecule has 0 atom stereocenters. The lowest BCUT2D eigenvalue weighted by Crippen LogP contribution is -2.44. The first kappa shape index (κ1) is 16.4. The highest BCUT2D eigenvalue weighted by atomic mass is 32.2. The van der Waals surface area contributed by atoms with Gasteiger partial charge in [0.2, 0.25) is 5.91 Å². The van der Waals surface area contributed by atoms with Crippen LogP contribution in [0.3, 0.4) is 0 Å². The van der Waals surface area contributed by atoms with Crippen molar-refractivity contribution in [2.24, 2.45) is 0 Å². The quantitative estimate of drug-likeness (QED) is 0.829. The highest BCUT2D eigenvalue weighted by molar-refractivity contribution is 7.90. The van der Waals surface area contributed by atoms with E-state index in [-0.39, 0.29) is 11.5 Å². The molecule has 1 aromatic rings. The molecule has 6 nitrogen and oxygen atoms in total. The van der Waals surface area contributed by atoms with Gasteiger partial charge in [0.15, 0.2) is 9.84 Å². The fourth-order valence-electron chi connectivity index (χ4n) is 3.25. The van der Waals surface area contributed by atoms with E-state index in [0.717, 1.165) is 38.0 Å². The van der Waals surface area contributed by atoms with Crippen LogP contribution >= 0.6 is 0 Å². The van der Waals surface area contributed by atoms with Crippen molar-refractivity contribution in [3.05, 3.63) is 29.8 Å². The van der Waals surface area contributed by atoms with Crippen LogP contribution in [0.5, 0.6) is 0 Å². The smallest absolute Gasteiger partial charge is 0.248 e. The molecule has 23 heavy (non-hydrogen) atoms. The predicted molar refractivity (Wildman–Crippen MR) is 85.3 cm³/mol. The number of amides is 1. The Bertz CT molecular complexity index is 691. The van der Waals surface area contributed by atoms with Crippen LogP contribution in [0.25, 0.3) is 0 Å². The Morgan fingerprint density at radius 1 is 1.17 bits per heavy atom. The number of rotatable bonds is 3. The number of piperidine rings is 1. The highest BCUT2D eigenvalue weighted by Gasteiger charge is 2.45. The lowest BCUT2D eigenvalue weighted by Gasteiger charge is -2.37. The maximum atomic E-state index is 11.7. The molecule has 0 aliphatic carbocycles. The molecule has 2 fully saturated rings. The summed E-state index contributed by atoms with van der Waals surface area (Å²) < 4.78 is 22.9. The molecule has 0 N–H and O–H groups in total. The van der Waals surface area contributed by atoms with Crippen molar-refractivity contribution in [1.29, 1.82) is 0 Å². The van der Waals surface area contributed by atoms with Gasteiger partial charge in [-0.25, -0.2) is 13.5 Å². The maximum absolute atomic E-state index is 11.7. The summed E-state index contributed by atoms with van der Waals surface area (Å²) in [4.78, 5) is 20.1. The largest absolute Gasteiger partial charge is 0.299 e. The van der Waals surface area contributed by atoms with Crippen LogP contribution in [0.4, 0.5) is 0 Å². The molecule has 1 spiro atoms. The van der Waals surface area contributed by atoms with E-state index in [2.05, 4.69) is 4.90 Å². The van der Waals surface area contributed by atoms with E-state index >= 15 is 0 Å². The number of hydrogen-bond donors (Lipinski definition) is 0. The third-order valence-electron chi connectivity index (χ3n) is 4.68. The number of hydrogen-bond acceptors (Lipinski definition) is 5. The van der Waals surface area contributed by atoms with Crippen LogP contribution < -0.4 is 0 Å². The molecule has 0 aromatic heterocycles. The summed E-state index contributed by atoms with van der Waals surface area (Å²) in [6, 6.07) is 7.04. The Labute approximate surface area is 136 Å². The minimum Gasteiger partial charge on any atom is -0.299 e. The normalized spacial score (nSPS) is 22.0. The molecule has 2 saturated heterocycles. The van der Waals surface area contributed by atoms with E-state index in [0.29, 0.717) is 11.3 Å². The average Bonchev–Trinajstić information content (AvgIpc) is 2.76. The third kappa shape index (κ3) is 3.57. The summed E-state index contributed by atoms with van der Waals surface area (Å²) >= 11 is 0. The van der Waals surface area contributed by atoms with Crippen LogP contribution in [0.2, 0.25) is 0 Å². The van der Waals surface area contributed by atoms with Gasteiger partial charge in [-0.3, -0.25) is 14.5 Å². The van der Waals surface area contributed by atoms with E-state index in [9.17, 15) is 13.2 Å². The van der Waals surface area contributed by atoms with Crippen LogP contribution in [0, 0.1) is 0 Å². The Hall–Kier alpha value is -1.44. The number of carbonyl (C=O) groups excluding carboxylic acids is 1. The van der Waals surface area contributed by atoms with Crippen molar-refractivity contribution in [2.75, 3.05) is 26.4 Å². The van der Waals surface area contributed by atoms with Gasteiger partial charge in [-0.05, 0) is 30.5 Å². The molecule has 0 radical (unpaired) electrons. The van der Waals surface area contributed by atoms with Gasteiger partial charge >= 0.3 is 0 Å². The topological polar surface area (TPSA) is 66.9 Å². The van der Waals surface area contributed by atoms with E-state index in [1.165, 1.54) is 11.3 Å². The van der Waals surface area contributed by atoms with E-state index < -0.39 is 9.84 Å². The molecule has 0 saturated carbocycles. The first-order chi connectivity index (χ1) is 10.8. The lowest BCUT2D eigenvalue weighted by atomic mass is 9.88. The third-order valence-corrected chi connectivity index (χ3v) is 5.81. The van der Waals surface area contributed by atoms with Crippen molar-refractivity contribution in [2.45, 2.75) is 36.3 Å². The number of carbonyl (C=O) groups is 1. The van der Waals surface area contributed by atoms with E-state index in [4.69, 9.17) is 4.84 Å². The van der Waals surface area contributed by atoms with Gasteiger partial charge in [0.1, 0.15) is 5.60 Å². The summed E-state index contributed by atoms with van der Waals surface area (Å²) in [5, 5.41) is 1.36. The summed E-state index contributed by atoms with van der Waals surface area (Å²) in [6.07, 6.45) is 3.36. The number of hydroxylamine groups is 2. The Balaban J connectivity index is 1.58. The molecule has 0 unspecified atom stereocenters. The summed E-state index contributed by atoms with van der Waals surface area (Å²) in [6.45, 7) is 2.52. The standard InChI is InChI=1S/C16H22N2O4S/c1-17-15(19)11-16(22-17)7-9-18(10-8-16)12-13-3-5-14(6-4-13)23(2,20)21/h3-6H,7-12H2,1-2H3. The Morgan fingerprint density at radius 2 is 1.78 bits per heavy atom. The average molecular weight is 338 g/mol. The number of likely N-dealkylation sites (tertiary alicyclic amines) is 1. The van der Waals surface area contributed by atoms with Crippen LogP contribution in [0.1, 0.15) is 24.8 Å².